The molecule has 5 nitrogen and oxygen atoms in total. The Morgan fingerprint density at radius 2 is 1.83 bits per heavy atom. The van der Waals surface area contributed by atoms with Crippen LogP contribution in [0.1, 0.15) is 11.1 Å². The molecule has 0 spiro atoms. The highest BCUT2D eigenvalue weighted by atomic mass is 19.2. The van der Waals surface area contributed by atoms with Crippen molar-refractivity contribution in [3.8, 4) is 11.8 Å². The van der Waals surface area contributed by atoms with E-state index in [1.165, 1.54) is 6.07 Å². The fraction of sp³-hybridized carbons (Fsp3) is 0.125. The summed E-state index contributed by atoms with van der Waals surface area (Å²) in [5.41, 5.74) is 6.36. The molecule has 0 unspecified atom stereocenters. The molecule has 7 heteroatoms. The average Bonchev–Trinajstić information content (AvgIpc) is 2.57. The number of oxime groups is 1. The van der Waals surface area contributed by atoms with Crippen molar-refractivity contribution in [1.29, 1.82) is 5.26 Å². The summed E-state index contributed by atoms with van der Waals surface area (Å²) in [6.07, 6.45) is 0. The minimum absolute atomic E-state index is 0.0673. The summed E-state index contributed by atoms with van der Waals surface area (Å²) >= 11 is 0. The summed E-state index contributed by atoms with van der Waals surface area (Å²) in [6.45, 7) is 0.324. The molecule has 118 valence electrons. The average molecular weight is 317 g/mol. The lowest BCUT2D eigenvalue weighted by atomic mass is 10.2. The maximum Gasteiger partial charge on any atom is 0.170 e. The first-order valence-corrected chi connectivity index (χ1v) is 6.64. The predicted octanol–water partition coefficient (Wildman–Crippen LogP) is 2.55. The first-order valence-electron chi connectivity index (χ1n) is 6.64. The van der Waals surface area contributed by atoms with Gasteiger partial charge in [0.05, 0.1) is 11.6 Å². The third-order valence-electron chi connectivity index (χ3n) is 2.81. The maximum atomic E-state index is 13.1. The molecule has 0 atom stereocenters. The molecule has 2 rings (SSSR count). The van der Waals surface area contributed by atoms with Crippen LogP contribution >= 0.6 is 0 Å². The molecule has 2 aromatic rings. The van der Waals surface area contributed by atoms with E-state index in [0.29, 0.717) is 11.3 Å². The third-order valence-corrected chi connectivity index (χ3v) is 2.81. The highest BCUT2D eigenvalue weighted by Gasteiger charge is 2.05. The Bertz CT molecular complexity index is 740. The minimum atomic E-state index is -1.01. The molecule has 0 amide bonds. The first kappa shape index (κ1) is 16.2. The molecule has 0 fully saturated rings. The molecule has 0 aliphatic heterocycles. The Morgan fingerprint density at radius 1 is 1.09 bits per heavy atom. The third kappa shape index (κ3) is 4.68. The van der Waals surface area contributed by atoms with E-state index < -0.39 is 11.6 Å². The van der Waals surface area contributed by atoms with Crippen LogP contribution < -0.4 is 10.5 Å². The van der Waals surface area contributed by atoms with Gasteiger partial charge in [-0.05, 0) is 42.5 Å². The Morgan fingerprint density at radius 3 is 2.48 bits per heavy atom. The molecule has 0 saturated heterocycles. The van der Waals surface area contributed by atoms with Gasteiger partial charge < -0.3 is 15.3 Å². The molecule has 0 aliphatic carbocycles. The van der Waals surface area contributed by atoms with Crippen LogP contribution in [0.4, 0.5) is 8.78 Å². The van der Waals surface area contributed by atoms with E-state index >= 15 is 0 Å². The minimum Gasteiger partial charge on any atom is -0.490 e. The number of ether oxygens (including phenoxy) is 1. The molecule has 2 N–H and O–H groups in total. The molecule has 0 radical (unpaired) electrons. The van der Waals surface area contributed by atoms with Crippen LogP contribution in [-0.2, 0) is 4.84 Å². The number of nitrogens with two attached hydrogens (primary N) is 1. The standard InChI is InChI=1S/C16H13F2N3O2/c17-14-6-3-12(9-15(14)18)16(20)21-23-8-7-22-13-4-1-11(10-19)2-5-13/h1-6,9H,7-8H2,(H2,20,21). The molecule has 0 saturated carbocycles. The maximum absolute atomic E-state index is 13.1. The molecule has 0 bridgehead atoms. The van der Waals surface area contributed by atoms with Crippen molar-refractivity contribution in [1.82, 2.24) is 0 Å². The second kappa shape index (κ2) is 7.75. The van der Waals surface area contributed by atoms with Gasteiger partial charge in [0.2, 0.25) is 0 Å². The lowest BCUT2D eigenvalue weighted by Crippen LogP contribution is -2.15. The lowest BCUT2D eigenvalue weighted by molar-refractivity contribution is 0.107. The summed E-state index contributed by atoms with van der Waals surface area (Å²) in [6, 6.07) is 11.8. The monoisotopic (exact) mass is 317 g/mol. The number of amidine groups is 1. The molecule has 2 aromatic carbocycles. The van der Waals surface area contributed by atoms with E-state index in [1.54, 1.807) is 24.3 Å². The molecule has 0 heterocycles. The zero-order valence-electron chi connectivity index (χ0n) is 12.0. The quantitative estimate of drug-likeness (QED) is 0.384. The SMILES string of the molecule is N#Cc1ccc(OCCON=C(N)c2ccc(F)c(F)c2)cc1. The van der Waals surface area contributed by atoms with Gasteiger partial charge in [0.15, 0.2) is 24.1 Å². The van der Waals surface area contributed by atoms with E-state index in [-0.39, 0.29) is 24.6 Å². The number of hydrogen-bond donors (Lipinski definition) is 1. The molecular weight excluding hydrogens is 304 g/mol. The van der Waals surface area contributed by atoms with Crippen molar-refractivity contribution < 1.29 is 18.4 Å². The Labute approximate surface area is 131 Å². The van der Waals surface area contributed by atoms with Gasteiger partial charge in [-0.3, -0.25) is 0 Å². The molecule has 0 aliphatic rings. The number of benzene rings is 2. The van der Waals surface area contributed by atoms with E-state index in [4.69, 9.17) is 20.6 Å². The summed E-state index contributed by atoms with van der Waals surface area (Å²) in [4.78, 5) is 4.96. The molecular formula is C16H13F2N3O2. The van der Waals surface area contributed by atoms with Gasteiger partial charge in [0.25, 0.3) is 0 Å². The normalized spacial score (nSPS) is 10.9. The summed E-state index contributed by atoms with van der Waals surface area (Å²) in [5, 5.41) is 12.3. The van der Waals surface area contributed by atoms with E-state index in [2.05, 4.69) is 5.16 Å². The van der Waals surface area contributed by atoms with Crippen molar-refractivity contribution in [3.05, 3.63) is 65.2 Å². The number of hydrogen-bond acceptors (Lipinski definition) is 4. The van der Waals surface area contributed by atoms with E-state index in [1.807, 2.05) is 6.07 Å². The largest absolute Gasteiger partial charge is 0.490 e. The highest BCUT2D eigenvalue weighted by Crippen LogP contribution is 2.11. The Hall–Kier alpha value is -3.14. The smallest absolute Gasteiger partial charge is 0.170 e. The number of halogens is 2. The highest BCUT2D eigenvalue weighted by molar-refractivity contribution is 5.97. The van der Waals surface area contributed by atoms with Crippen LogP contribution in [0, 0.1) is 23.0 Å². The van der Waals surface area contributed by atoms with Crippen molar-refractivity contribution in [2.45, 2.75) is 0 Å². The predicted molar refractivity (Wildman–Crippen MR) is 79.7 cm³/mol. The topological polar surface area (TPSA) is 80.6 Å². The van der Waals surface area contributed by atoms with Gasteiger partial charge in [-0.25, -0.2) is 8.78 Å². The van der Waals surface area contributed by atoms with Crippen LogP contribution in [0.5, 0.6) is 5.75 Å². The van der Waals surface area contributed by atoms with Crippen LogP contribution in [0.2, 0.25) is 0 Å². The van der Waals surface area contributed by atoms with Crippen molar-refractivity contribution >= 4 is 5.84 Å². The van der Waals surface area contributed by atoms with Gasteiger partial charge in [-0.15, -0.1) is 0 Å². The van der Waals surface area contributed by atoms with E-state index in [9.17, 15) is 8.78 Å². The fourth-order valence-electron chi connectivity index (χ4n) is 1.65. The number of nitriles is 1. The summed E-state index contributed by atoms with van der Waals surface area (Å²) in [7, 11) is 0. The first-order chi connectivity index (χ1) is 11.1. The number of nitrogens with zero attached hydrogens (tertiary/aromatic N) is 2. The van der Waals surface area contributed by atoms with Gasteiger partial charge in [0, 0.05) is 5.56 Å². The zero-order chi connectivity index (χ0) is 16.7. The Kier molecular flexibility index (Phi) is 5.47. The van der Waals surface area contributed by atoms with Crippen LogP contribution in [-0.4, -0.2) is 19.0 Å². The van der Waals surface area contributed by atoms with Crippen molar-refractivity contribution in [2.24, 2.45) is 10.9 Å². The van der Waals surface area contributed by atoms with Crippen LogP contribution in [0.25, 0.3) is 0 Å². The fourth-order valence-corrected chi connectivity index (χ4v) is 1.65. The van der Waals surface area contributed by atoms with Gasteiger partial charge >= 0.3 is 0 Å². The molecule has 0 aromatic heterocycles. The second-order valence-corrected chi connectivity index (χ2v) is 4.42. The lowest BCUT2D eigenvalue weighted by Gasteiger charge is -2.06. The van der Waals surface area contributed by atoms with Crippen molar-refractivity contribution in [2.75, 3.05) is 13.2 Å². The summed E-state index contributed by atoms with van der Waals surface area (Å²) < 4.78 is 31.2. The van der Waals surface area contributed by atoms with Gasteiger partial charge in [-0.2, -0.15) is 5.26 Å². The second-order valence-electron chi connectivity index (χ2n) is 4.42. The zero-order valence-corrected chi connectivity index (χ0v) is 12.0. The van der Waals surface area contributed by atoms with Gasteiger partial charge in [-0.1, -0.05) is 5.16 Å². The Balaban J connectivity index is 1.79. The van der Waals surface area contributed by atoms with Gasteiger partial charge in [0.1, 0.15) is 12.4 Å². The number of rotatable bonds is 6. The molecule has 23 heavy (non-hydrogen) atoms. The van der Waals surface area contributed by atoms with E-state index in [0.717, 1.165) is 12.1 Å². The van der Waals surface area contributed by atoms with Crippen LogP contribution in [0.3, 0.4) is 0 Å². The van der Waals surface area contributed by atoms with Crippen molar-refractivity contribution in [3.63, 3.8) is 0 Å². The van der Waals surface area contributed by atoms with Crippen LogP contribution in [0.15, 0.2) is 47.6 Å². The summed E-state index contributed by atoms with van der Waals surface area (Å²) in [5.74, 6) is -1.45.